The number of amides is 1. The van der Waals surface area contributed by atoms with Gasteiger partial charge in [0.1, 0.15) is 5.82 Å². The summed E-state index contributed by atoms with van der Waals surface area (Å²) in [5, 5.41) is 0.158. The highest BCUT2D eigenvalue weighted by Crippen LogP contribution is 2.35. The molecule has 1 fully saturated rings. The summed E-state index contributed by atoms with van der Waals surface area (Å²) in [6.07, 6.45) is 2.63. The second-order valence-electron chi connectivity index (χ2n) is 5.51. The van der Waals surface area contributed by atoms with Gasteiger partial charge in [-0.25, -0.2) is 4.39 Å². The first-order valence-corrected chi connectivity index (χ1v) is 8.87. The van der Waals surface area contributed by atoms with Crippen molar-refractivity contribution in [2.45, 2.75) is 38.4 Å². The van der Waals surface area contributed by atoms with Crippen LogP contribution in [0.15, 0.2) is 24.3 Å². The Kier molecular flexibility index (Phi) is 6.09. The van der Waals surface area contributed by atoms with E-state index in [0.717, 1.165) is 43.7 Å². The smallest absolute Gasteiger partial charge is 0.225 e. The van der Waals surface area contributed by atoms with E-state index in [1.54, 1.807) is 17.8 Å². The molecule has 0 spiro atoms. The van der Waals surface area contributed by atoms with E-state index in [0.29, 0.717) is 0 Å². The molecule has 4 heteroatoms. The summed E-state index contributed by atoms with van der Waals surface area (Å²) >= 11 is 1.77. The average Bonchev–Trinajstić information content (AvgIpc) is 2.75. The second kappa shape index (κ2) is 7.83. The first-order valence-electron chi connectivity index (χ1n) is 7.82. The van der Waals surface area contributed by atoms with E-state index in [1.165, 1.54) is 6.07 Å². The van der Waals surface area contributed by atoms with Crippen LogP contribution in [-0.2, 0) is 4.79 Å². The molecule has 1 amide bonds. The van der Waals surface area contributed by atoms with Crippen LogP contribution in [-0.4, -0.2) is 29.6 Å². The fourth-order valence-electron chi connectivity index (χ4n) is 2.87. The molecule has 0 N–H and O–H groups in total. The Morgan fingerprint density at radius 2 is 2.05 bits per heavy atom. The Balaban J connectivity index is 2.02. The number of nitrogens with zero attached hydrogens (tertiary/aromatic N) is 1. The number of benzene rings is 1. The van der Waals surface area contributed by atoms with Crippen LogP contribution in [0.3, 0.4) is 0 Å². The fourth-order valence-corrected chi connectivity index (χ4v) is 4.12. The number of halogens is 1. The average molecular weight is 309 g/mol. The van der Waals surface area contributed by atoms with E-state index in [4.69, 9.17) is 0 Å². The van der Waals surface area contributed by atoms with E-state index in [2.05, 4.69) is 13.8 Å². The molecule has 2 rings (SSSR count). The summed E-state index contributed by atoms with van der Waals surface area (Å²) in [5.74, 6) is 1.16. The summed E-state index contributed by atoms with van der Waals surface area (Å²) in [5.41, 5.74) is 0.777. The highest BCUT2D eigenvalue weighted by Gasteiger charge is 2.26. The molecule has 0 aliphatic carbocycles. The molecule has 1 aliphatic rings. The molecule has 1 heterocycles. The van der Waals surface area contributed by atoms with Gasteiger partial charge in [-0.2, -0.15) is 11.8 Å². The Hall–Kier alpha value is -1.03. The van der Waals surface area contributed by atoms with Crippen LogP contribution in [0.4, 0.5) is 4.39 Å². The van der Waals surface area contributed by atoms with Crippen LogP contribution >= 0.6 is 11.8 Å². The molecule has 1 atom stereocenters. The molecule has 0 aromatic heterocycles. The number of carbonyl (C=O) groups excluding carboxylic acids is 1. The molecule has 116 valence electrons. The monoisotopic (exact) mass is 309 g/mol. The van der Waals surface area contributed by atoms with Crippen molar-refractivity contribution in [2.75, 3.05) is 18.8 Å². The van der Waals surface area contributed by atoms with Gasteiger partial charge < -0.3 is 4.90 Å². The zero-order chi connectivity index (χ0) is 15.2. The normalized spacial score (nSPS) is 19.6. The van der Waals surface area contributed by atoms with Crippen molar-refractivity contribution in [2.24, 2.45) is 5.92 Å². The number of hydrogen-bond acceptors (Lipinski definition) is 2. The molecule has 1 unspecified atom stereocenters. The van der Waals surface area contributed by atoms with Crippen LogP contribution in [0.25, 0.3) is 0 Å². The van der Waals surface area contributed by atoms with Crippen molar-refractivity contribution in [3.63, 3.8) is 0 Å². The molecule has 1 aromatic rings. The van der Waals surface area contributed by atoms with Gasteiger partial charge >= 0.3 is 0 Å². The summed E-state index contributed by atoms with van der Waals surface area (Å²) in [6, 6.07) is 7.00. The number of rotatable bonds is 4. The predicted molar refractivity (Wildman–Crippen MR) is 86.9 cm³/mol. The topological polar surface area (TPSA) is 20.3 Å². The van der Waals surface area contributed by atoms with Gasteiger partial charge in [0, 0.05) is 35.6 Å². The minimum atomic E-state index is -0.130. The van der Waals surface area contributed by atoms with Gasteiger partial charge in [-0.05, 0) is 25.3 Å². The van der Waals surface area contributed by atoms with Crippen LogP contribution in [0, 0.1) is 11.7 Å². The quantitative estimate of drug-likeness (QED) is 0.828. The van der Waals surface area contributed by atoms with Gasteiger partial charge in [0.25, 0.3) is 0 Å². The third kappa shape index (κ3) is 4.00. The summed E-state index contributed by atoms with van der Waals surface area (Å²) < 4.78 is 13.9. The van der Waals surface area contributed by atoms with Crippen molar-refractivity contribution in [3.8, 4) is 0 Å². The lowest BCUT2D eigenvalue weighted by Crippen LogP contribution is -2.37. The zero-order valence-corrected chi connectivity index (χ0v) is 13.7. The number of carbonyl (C=O) groups is 1. The van der Waals surface area contributed by atoms with E-state index in [1.807, 2.05) is 17.0 Å². The standard InChI is InChI=1S/C17H24FNOS/c1-3-13(4-2)17(20)19-10-9-16(21-12-11-19)14-7-5-6-8-15(14)18/h5-8,13,16H,3-4,9-12H2,1-2H3. The summed E-state index contributed by atoms with van der Waals surface area (Å²) in [4.78, 5) is 14.4. The highest BCUT2D eigenvalue weighted by atomic mass is 32.2. The summed E-state index contributed by atoms with van der Waals surface area (Å²) in [7, 11) is 0. The SMILES string of the molecule is CCC(CC)C(=O)N1CCSC(c2ccccc2F)CC1. The van der Waals surface area contributed by atoms with Gasteiger partial charge in [-0.3, -0.25) is 4.79 Å². The molecular weight excluding hydrogens is 285 g/mol. The minimum absolute atomic E-state index is 0.130. The van der Waals surface area contributed by atoms with E-state index in [9.17, 15) is 9.18 Å². The number of thioether (sulfide) groups is 1. The zero-order valence-electron chi connectivity index (χ0n) is 12.8. The molecule has 21 heavy (non-hydrogen) atoms. The third-order valence-corrected chi connectivity index (χ3v) is 5.55. The lowest BCUT2D eigenvalue weighted by molar-refractivity contribution is -0.135. The largest absolute Gasteiger partial charge is 0.342 e. The Labute approximate surface area is 131 Å². The van der Waals surface area contributed by atoms with Gasteiger partial charge in [-0.15, -0.1) is 0 Å². The van der Waals surface area contributed by atoms with Crippen molar-refractivity contribution >= 4 is 17.7 Å². The second-order valence-corrected chi connectivity index (χ2v) is 6.82. The fraction of sp³-hybridized carbons (Fsp3) is 0.588. The molecule has 0 saturated carbocycles. The Bertz CT molecular complexity index is 476. The predicted octanol–water partition coefficient (Wildman–Crippen LogP) is 4.27. The Morgan fingerprint density at radius 1 is 1.33 bits per heavy atom. The molecule has 0 radical (unpaired) electrons. The van der Waals surface area contributed by atoms with E-state index < -0.39 is 0 Å². The molecule has 1 aliphatic heterocycles. The van der Waals surface area contributed by atoms with E-state index >= 15 is 0 Å². The van der Waals surface area contributed by atoms with Crippen LogP contribution in [0.1, 0.15) is 43.9 Å². The van der Waals surface area contributed by atoms with Crippen LogP contribution in [0.2, 0.25) is 0 Å². The van der Waals surface area contributed by atoms with Gasteiger partial charge in [0.05, 0.1) is 0 Å². The van der Waals surface area contributed by atoms with Crippen molar-refractivity contribution < 1.29 is 9.18 Å². The van der Waals surface area contributed by atoms with Gasteiger partial charge in [-0.1, -0.05) is 32.0 Å². The molecule has 1 aromatic carbocycles. The minimum Gasteiger partial charge on any atom is -0.342 e. The molecule has 0 bridgehead atoms. The van der Waals surface area contributed by atoms with Crippen molar-refractivity contribution in [3.05, 3.63) is 35.6 Å². The highest BCUT2D eigenvalue weighted by molar-refractivity contribution is 7.99. The van der Waals surface area contributed by atoms with Crippen LogP contribution in [0.5, 0.6) is 0 Å². The Morgan fingerprint density at radius 3 is 2.71 bits per heavy atom. The lowest BCUT2D eigenvalue weighted by Gasteiger charge is -2.24. The maximum atomic E-state index is 13.9. The van der Waals surface area contributed by atoms with Crippen LogP contribution < -0.4 is 0 Å². The molecule has 1 saturated heterocycles. The summed E-state index contributed by atoms with van der Waals surface area (Å²) in [6.45, 7) is 5.66. The van der Waals surface area contributed by atoms with Gasteiger partial charge in [0.2, 0.25) is 5.91 Å². The van der Waals surface area contributed by atoms with E-state index in [-0.39, 0.29) is 22.9 Å². The molecule has 2 nitrogen and oxygen atoms in total. The lowest BCUT2D eigenvalue weighted by atomic mass is 10.0. The first kappa shape index (κ1) is 16.3. The van der Waals surface area contributed by atoms with Crippen molar-refractivity contribution in [1.82, 2.24) is 4.90 Å². The maximum absolute atomic E-state index is 13.9. The first-order chi connectivity index (χ1) is 10.2. The van der Waals surface area contributed by atoms with Gasteiger partial charge in [0.15, 0.2) is 0 Å². The third-order valence-electron chi connectivity index (χ3n) is 4.24. The number of hydrogen-bond donors (Lipinski definition) is 0. The van der Waals surface area contributed by atoms with Crippen molar-refractivity contribution in [1.29, 1.82) is 0 Å². The maximum Gasteiger partial charge on any atom is 0.225 e. The molecular formula is C17H24FNOS.